The number of carbonyl (C=O) groups excluding carboxylic acids is 3. The van der Waals surface area contributed by atoms with Gasteiger partial charge in [0.05, 0.1) is 0 Å². The smallest absolute Gasteiger partial charge is 0.306 e. The van der Waals surface area contributed by atoms with Gasteiger partial charge < -0.3 is 14.2 Å². The van der Waals surface area contributed by atoms with Crippen molar-refractivity contribution in [2.24, 2.45) is 0 Å². The third-order valence-corrected chi connectivity index (χ3v) is 11.5. The molecule has 0 rings (SSSR count). The monoisotopic (exact) mass is 881 g/mol. The molecule has 0 aliphatic carbocycles. The normalized spacial score (nSPS) is 12.5. The van der Waals surface area contributed by atoms with Crippen molar-refractivity contribution >= 4 is 17.9 Å². The van der Waals surface area contributed by atoms with E-state index in [1.165, 1.54) is 122 Å². The highest BCUT2D eigenvalue weighted by Gasteiger charge is 2.19. The highest BCUT2D eigenvalue weighted by molar-refractivity contribution is 5.71. The predicted octanol–water partition coefficient (Wildman–Crippen LogP) is 17.6. The first-order chi connectivity index (χ1) is 31.0. The van der Waals surface area contributed by atoms with Crippen molar-refractivity contribution in [3.05, 3.63) is 60.8 Å². The molecular formula is C57H100O6. The number of ether oxygens (including phenoxy) is 3. The van der Waals surface area contributed by atoms with Gasteiger partial charge in [0.25, 0.3) is 0 Å². The lowest BCUT2D eigenvalue weighted by atomic mass is 10.1. The standard InChI is InChI=1S/C57H100O6/c1-4-7-10-13-16-19-22-25-27-29-31-32-35-38-41-44-47-50-56(59)62-53-54(52-61-55(58)49-46-43-40-37-34-24-21-18-15-12-9-6-3)63-57(60)51-48-45-42-39-36-33-30-28-26-23-20-17-14-11-8-5-2/h9,12,18,21,25,27-28,30,33,36,54H,4-8,10-11,13-17,19-20,22-24,26,29,31-32,34-35,37-53H2,1-3H3/b12-9-,21-18-,27-25-,30-28-,36-33-. The van der Waals surface area contributed by atoms with Crippen molar-refractivity contribution in [3.63, 3.8) is 0 Å². The van der Waals surface area contributed by atoms with Crippen molar-refractivity contribution in [2.45, 2.75) is 271 Å². The van der Waals surface area contributed by atoms with E-state index in [9.17, 15) is 14.4 Å². The Labute approximate surface area is 390 Å². The maximum Gasteiger partial charge on any atom is 0.306 e. The summed E-state index contributed by atoms with van der Waals surface area (Å²) in [4.78, 5) is 38.0. The quantitative estimate of drug-likeness (QED) is 0.0199. The summed E-state index contributed by atoms with van der Waals surface area (Å²) in [6.45, 7) is 6.49. The van der Waals surface area contributed by atoms with Gasteiger partial charge in [0.2, 0.25) is 0 Å². The molecule has 0 aromatic rings. The molecule has 1 atom stereocenters. The largest absolute Gasteiger partial charge is 0.462 e. The minimum absolute atomic E-state index is 0.0914. The molecule has 0 aromatic heterocycles. The number of carbonyl (C=O) groups is 3. The van der Waals surface area contributed by atoms with Crippen molar-refractivity contribution in [3.8, 4) is 0 Å². The number of rotatable bonds is 48. The molecule has 63 heavy (non-hydrogen) atoms. The summed E-state index contributed by atoms with van der Waals surface area (Å²) in [5.74, 6) is -0.932. The first-order valence-corrected chi connectivity index (χ1v) is 26.8. The summed E-state index contributed by atoms with van der Waals surface area (Å²) in [7, 11) is 0. The Morgan fingerprint density at radius 1 is 0.349 bits per heavy atom. The van der Waals surface area contributed by atoms with Crippen LogP contribution >= 0.6 is 0 Å². The lowest BCUT2D eigenvalue weighted by molar-refractivity contribution is -0.167. The van der Waals surface area contributed by atoms with Crippen LogP contribution in [0.25, 0.3) is 0 Å². The summed E-state index contributed by atoms with van der Waals surface area (Å²) in [5.41, 5.74) is 0. The summed E-state index contributed by atoms with van der Waals surface area (Å²) in [6, 6.07) is 0. The number of esters is 3. The van der Waals surface area contributed by atoms with Crippen LogP contribution in [0.1, 0.15) is 265 Å². The number of allylic oxidation sites excluding steroid dienone is 10. The van der Waals surface area contributed by atoms with E-state index in [1.807, 2.05) is 0 Å². The molecule has 6 nitrogen and oxygen atoms in total. The first-order valence-electron chi connectivity index (χ1n) is 26.8. The number of hydrogen-bond acceptors (Lipinski definition) is 6. The van der Waals surface area contributed by atoms with E-state index in [2.05, 4.69) is 81.5 Å². The molecule has 0 bridgehead atoms. The van der Waals surface area contributed by atoms with Crippen molar-refractivity contribution < 1.29 is 28.6 Å². The molecule has 0 aliphatic heterocycles. The minimum Gasteiger partial charge on any atom is -0.462 e. The molecule has 364 valence electrons. The molecular weight excluding hydrogens is 781 g/mol. The molecule has 0 spiro atoms. The predicted molar refractivity (Wildman–Crippen MR) is 270 cm³/mol. The second-order valence-corrected chi connectivity index (χ2v) is 17.8. The highest BCUT2D eigenvalue weighted by atomic mass is 16.6. The molecule has 0 amide bonds. The van der Waals surface area contributed by atoms with E-state index in [0.29, 0.717) is 19.3 Å². The SMILES string of the molecule is CC/C=C\C/C=C\CCCCCCCC(=O)OCC(COC(=O)CCCCCCCCC/C=C\CCCCCCCC)OC(=O)CCCCC/C=C\C=C/CCCCCCCCC. The van der Waals surface area contributed by atoms with Gasteiger partial charge in [-0.25, -0.2) is 0 Å². The molecule has 0 radical (unpaired) electrons. The molecule has 1 unspecified atom stereocenters. The molecule has 0 N–H and O–H groups in total. The molecule has 0 aliphatic rings. The van der Waals surface area contributed by atoms with E-state index in [0.717, 1.165) is 103 Å². The zero-order valence-electron chi connectivity index (χ0n) is 41.6. The molecule has 0 saturated carbocycles. The van der Waals surface area contributed by atoms with Gasteiger partial charge in [0, 0.05) is 19.3 Å². The van der Waals surface area contributed by atoms with Crippen LogP contribution in [0.15, 0.2) is 60.8 Å². The van der Waals surface area contributed by atoms with Gasteiger partial charge in [-0.2, -0.15) is 0 Å². The third kappa shape index (κ3) is 50.0. The van der Waals surface area contributed by atoms with E-state index < -0.39 is 6.10 Å². The average molecular weight is 881 g/mol. The maximum atomic E-state index is 12.8. The molecule has 0 saturated heterocycles. The summed E-state index contributed by atoms with van der Waals surface area (Å²) < 4.78 is 16.8. The maximum absolute atomic E-state index is 12.8. The Balaban J connectivity index is 4.42. The number of hydrogen-bond donors (Lipinski definition) is 0. The second-order valence-electron chi connectivity index (χ2n) is 17.8. The van der Waals surface area contributed by atoms with Crippen LogP contribution < -0.4 is 0 Å². The molecule has 6 heteroatoms. The van der Waals surface area contributed by atoms with Crippen LogP contribution in [0.4, 0.5) is 0 Å². The van der Waals surface area contributed by atoms with Gasteiger partial charge in [0.1, 0.15) is 13.2 Å². The Morgan fingerprint density at radius 3 is 1.08 bits per heavy atom. The van der Waals surface area contributed by atoms with Gasteiger partial charge in [-0.1, -0.05) is 210 Å². The lowest BCUT2D eigenvalue weighted by Crippen LogP contribution is -2.30. The average Bonchev–Trinajstić information content (AvgIpc) is 3.28. The Bertz CT molecular complexity index is 1150. The van der Waals surface area contributed by atoms with Crippen molar-refractivity contribution in [1.29, 1.82) is 0 Å². The van der Waals surface area contributed by atoms with Crippen molar-refractivity contribution in [1.82, 2.24) is 0 Å². The van der Waals surface area contributed by atoms with Gasteiger partial charge >= 0.3 is 17.9 Å². The molecule has 0 aromatic carbocycles. The Hall–Kier alpha value is -2.89. The van der Waals surface area contributed by atoms with E-state index >= 15 is 0 Å². The third-order valence-electron chi connectivity index (χ3n) is 11.5. The van der Waals surface area contributed by atoms with Crippen LogP contribution in [-0.4, -0.2) is 37.2 Å². The zero-order valence-corrected chi connectivity index (χ0v) is 41.6. The van der Waals surface area contributed by atoms with Crippen LogP contribution in [0.3, 0.4) is 0 Å². The van der Waals surface area contributed by atoms with E-state index in [1.54, 1.807) is 0 Å². The molecule has 0 heterocycles. The van der Waals surface area contributed by atoms with Crippen LogP contribution in [0.5, 0.6) is 0 Å². The van der Waals surface area contributed by atoms with Crippen LogP contribution in [-0.2, 0) is 28.6 Å². The van der Waals surface area contributed by atoms with Gasteiger partial charge in [-0.3, -0.25) is 14.4 Å². The summed E-state index contributed by atoms with van der Waals surface area (Å²) in [5, 5.41) is 0. The second kappa shape index (κ2) is 51.7. The molecule has 0 fully saturated rings. The van der Waals surface area contributed by atoms with Crippen molar-refractivity contribution in [2.75, 3.05) is 13.2 Å². The summed E-state index contributed by atoms with van der Waals surface area (Å²) >= 11 is 0. The topological polar surface area (TPSA) is 78.9 Å². The summed E-state index contributed by atoms with van der Waals surface area (Å²) in [6.07, 6.45) is 63.5. The van der Waals surface area contributed by atoms with E-state index in [-0.39, 0.29) is 31.1 Å². The van der Waals surface area contributed by atoms with Gasteiger partial charge in [0.15, 0.2) is 6.10 Å². The van der Waals surface area contributed by atoms with E-state index in [4.69, 9.17) is 14.2 Å². The minimum atomic E-state index is -0.794. The first kappa shape index (κ1) is 60.1. The zero-order chi connectivity index (χ0) is 45.8. The van der Waals surface area contributed by atoms with Crippen LogP contribution in [0, 0.1) is 0 Å². The highest BCUT2D eigenvalue weighted by Crippen LogP contribution is 2.14. The van der Waals surface area contributed by atoms with Gasteiger partial charge in [-0.15, -0.1) is 0 Å². The fourth-order valence-corrected chi connectivity index (χ4v) is 7.47. The van der Waals surface area contributed by atoms with Gasteiger partial charge in [-0.05, 0) is 96.3 Å². The number of unbranched alkanes of at least 4 members (excludes halogenated alkanes) is 28. The fourth-order valence-electron chi connectivity index (χ4n) is 7.47. The Kier molecular flexibility index (Phi) is 49.4. The Morgan fingerprint density at radius 2 is 0.667 bits per heavy atom. The fraction of sp³-hybridized carbons (Fsp3) is 0.772. The lowest BCUT2D eigenvalue weighted by Gasteiger charge is -2.18. The van der Waals surface area contributed by atoms with Crippen LogP contribution in [0.2, 0.25) is 0 Å².